The maximum atomic E-state index is 5.40. The lowest BCUT2D eigenvalue weighted by molar-refractivity contribution is 0.0361. The summed E-state index contributed by atoms with van der Waals surface area (Å²) in [5, 5.41) is 5.84. The Labute approximate surface area is 133 Å². The lowest BCUT2D eigenvalue weighted by Crippen LogP contribution is -2.38. The van der Waals surface area contributed by atoms with Crippen LogP contribution in [-0.2, 0) is 16.7 Å². The van der Waals surface area contributed by atoms with Crippen LogP contribution in [0.15, 0.2) is 24.4 Å². The van der Waals surface area contributed by atoms with Crippen LogP contribution in [0.4, 0.5) is 0 Å². The highest BCUT2D eigenvalue weighted by atomic mass is 16.5. The predicted molar refractivity (Wildman–Crippen MR) is 90.3 cm³/mol. The summed E-state index contributed by atoms with van der Waals surface area (Å²) in [4.78, 5) is 2.45. The Hall–Kier alpha value is -1.39. The fraction of sp³-hybridized carbons (Fsp3) is 0.611. The molecule has 120 valence electrons. The fourth-order valence-electron chi connectivity index (χ4n) is 2.95. The van der Waals surface area contributed by atoms with Gasteiger partial charge in [0.25, 0.3) is 0 Å². The van der Waals surface area contributed by atoms with E-state index >= 15 is 0 Å². The molecule has 2 aromatic rings. The van der Waals surface area contributed by atoms with Gasteiger partial charge in [0.15, 0.2) is 0 Å². The van der Waals surface area contributed by atoms with E-state index in [1.807, 2.05) is 6.20 Å². The minimum absolute atomic E-state index is 0.226. The Morgan fingerprint density at radius 3 is 2.68 bits per heavy atom. The minimum atomic E-state index is 0.226. The summed E-state index contributed by atoms with van der Waals surface area (Å²) < 4.78 is 7.53. The maximum absolute atomic E-state index is 5.40. The summed E-state index contributed by atoms with van der Waals surface area (Å²) in [5.41, 5.74) is 2.86. The van der Waals surface area contributed by atoms with E-state index in [2.05, 4.69) is 53.7 Å². The fourth-order valence-corrected chi connectivity index (χ4v) is 2.95. The average Bonchev–Trinajstić information content (AvgIpc) is 2.96. The SMILES string of the molecule is CCC(C)(C)c1ccc2c(cnn2CCN2CCOCC2)c1. The Bertz CT molecular complexity index is 626. The van der Waals surface area contributed by atoms with Gasteiger partial charge in [-0.05, 0) is 29.5 Å². The largest absolute Gasteiger partial charge is 0.379 e. The molecule has 1 aliphatic heterocycles. The van der Waals surface area contributed by atoms with E-state index < -0.39 is 0 Å². The number of hydrogen-bond acceptors (Lipinski definition) is 3. The second kappa shape index (κ2) is 6.39. The smallest absolute Gasteiger partial charge is 0.0683 e. The van der Waals surface area contributed by atoms with Gasteiger partial charge in [-0.2, -0.15) is 5.10 Å². The molecule has 1 aromatic heterocycles. The van der Waals surface area contributed by atoms with E-state index in [1.54, 1.807) is 0 Å². The Balaban J connectivity index is 1.74. The summed E-state index contributed by atoms with van der Waals surface area (Å²) in [6.45, 7) is 12.6. The summed E-state index contributed by atoms with van der Waals surface area (Å²) in [6, 6.07) is 6.80. The van der Waals surface area contributed by atoms with E-state index in [4.69, 9.17) is 4.74 Å². The third-order valence-corrected chi connectivity index (χ3v) is 5.04. The van der Waals surface area contributed by atoms with Crippen molar-refractivity contribution in [3.63, 3.8) is 0 Å². The van der Waals surface area contributed by atoms with Crippen LogP contribution in [0, 0.1) is 0 Å². The first-order valence-electron chi connectivity index (χ1n) is 8.36. The quantitative estimate of drug-likeness (QED) is 0.850. The minimum Gasteiger partial charge on any atom is -0.379 e. The number of fused-ring (bicyclic) bond motifs is 1. The summed E-state index contributed by atoms with van der Waals surface area (Å²) in [6.07, 6.45) is 3.15. The van der Waals surface area contributed by atoms with Gasteiger partial charge in [0.2, 0.25) is 0 Å². The zero-order valence-electron chi connectivity index (χ0n) is 14.0. The van der Waals surface area contributed by atoms with Crippen molar-refractivity contribution in [1.82, 2.24) is 14.7 Å². The van der Waals surface area contributed by atoms with E-state index in [0.29, 0.717) is 0 Å². The van der Waals surface area contributed by atoms with Crippen LogP contribution < -0.4 is 0 Å². The van der Waals surface area contributed by atoms with Gasteiger partial charge in [0.1, 0.15) is 0 Å². The second-order valence-corrected chi connectivity index (χ2v) is 6.83. The van der Waals surface area contributed by atoms with Gasteiger partial charge >= 0.3 is 0 Å². The van der Waals surface area contributed by atoms with E-state index in [1.165, 1.54) is 16.5 Å². The lowest BCUT2D eigenvalue weighted by atomic mass is 9.82. The van der Waals surface area contributed by atoms with E-state index in [9.17, 15) is 0 Å². The lowest BCUT2D eigenvalue weighted by Gasteiger charge is -2.26. The summed E-state index contributed by atoms with van der Waals surface area (Å²) in [5.74, 6) is 0. The topological polar surface area (TPSA) is 30.3 Å². The third kappa shape index (κ3) is 3.18. The van der Waals surface area contributed by atoms with Gasteiger partial charge in [0, 0.05) is 25.0 Å². The van der Waals surface area contributed by atoms with Crippen LogP contribution in [0.5, 0.6) is 0 Å². The highest BCUT2D eigenvalue weighted by Gasteiger charge is 2.19. The normalized spacial score (nSPS) is 17.2. The molecular formula is C18H27N3O. The average molecular weight is 301 g/mol. The first-order chi connectivity index (χ1) is 10.6. The molecule has 0 unspecified atom stereocenters. The molecule has 0 aliphatic carbocycles. The van der Waals surface area contributed by atoms with Crippen LogP contribution in [0.25, 0.3) is 10.9 Å². The van der Waals surface area contributed by atoms with Gasteiger partial charge < -0.3 is 4.74 Å². The van der Waals surface area contributed by atoms with Crippen LogP contribution in [0.2, 0.25) is 0 Å². The molecule has 4 heteroatoms. The van der Waals surface area contributed by atoms with Crippen LogP contribution >= 0.6 is 0 Å². The van der Waals surface area contributed by atoms with Gasteiger partial charge in [-0.1, -0.05) is 26.8 Å². The molecule has 0 bridgehead atoms. The molecule has 3 rings (SSSR count). The number of nitrogens with zero attached hydrogens (tertiary/aromatic N) is 3. The maximum Gasteiger partial charge on any atom is 0.0683 e. The predicted octanol–water partition coefficient (Wildman–Crippen LogP) is 3.06. The highest BCUT2D eigenvalue weighted by Crippen LogP contribution is 2.29. The molecule has 0 radical (unpaired) electrons. The van der Waals surface area contributed by atoms with Crippen molar-refractivity contribution in [1.29, 1.82) is 0 Å². The zero-order chi connectivity index (χ0) is 15.6. The summed E-state index contributed by atoms with van der Waals surface area (Å²) >= 11 is 0. The molecule has 4 nitrogen and oxygen atoms in total. The number of hydrogen-bond donors (Lipinski definition) is 0. The van der Waals surface area contributed by atoms with Crippen molar-refractivity contribution in [2.75, 3.05) is 32.8 Å². The molecule has 0 saturated carbocycles. The molecule has 0 N–H and O–H groups in total. The van der Waals surface area contributed by atoms with E-state index in [0.717, 1.165) is 45.8 Å². The van der Waals surface area contributed by atoms with Crippen LogP contribution in [0.3, 0.4) is 0 Å². The third-order valence-electron chi connectivity index (χ3n) is 5.04. The van der Waals surface area contributed by atoms with Gasteiger partial charge in [-0.15, -0.1) is 0 Å². The Kier molecular flexibility index (Phi) is 4.50. The van der Waals surface area contributed by atoms with E-state index in [-0.39, 0.29) is 5.41 Å². The molecule has 1 aromatic carbocycles. The van der Waals surface area contributed by atoms with Crippen molar-refractivity contribution in [2.24, 2.45) is 0 Å². The number of morpholine rings is 1. The molecule has 0 amide bonds. The Morgan fingerprint density at radius 1 is 1.18 bits per heavy atom. The van der Waals surface area contributed by atoms with Crippen molar-refractivity contribution < 1.29 is 4.74 Å². The molecule has 22 heavy (non-hydrogen) atoms. The van der Waals surface area contributed by atoms with Crippen molar-refractivity contribution in [2.45, 2.75) is 39.2 Å². The van der Waals surface area contributed by atoms with Crippen LogP contribution in [-0.4, -0.2) is 47.5 Å². The molecule has 1 aliphatic rings. The van der Waals surface area contributed by atoms with Gasteiger partial charge in [-0.25, -0.2) is 0 Å². The number of benzene rings is 1. The zero-order valence-corrected chi connectivity index (χ0v) is 14.0. The monoisotopic (exact) mass is 301 g/mol. The number of rotatable bonds is 5. The van der Waals surface area contributed by atoms with Crippen LogP contribution in [0.1, 0.15) is 32.8 Å². The molecule has 0 spiro atoms. The molecule has 1 fully saturated rings. The summed E-state index contributed by atoms with van der Waals surface area (Å²) in [7, 11) is 0. The second-order valence-electron chi connectivity index (χ2n) is 6.83. The van der Waals surface area contributed by atoms with Crippen molar-refractivity contribution in [3.05, 3.63) is 30.0 Å². The first-order valence-corrected chi connectivity index (χ1v) is 8.36. The molecule has 0 atom stereocenters. The highest BCUT2D eigenvalue weighted by molar-refractivity contribution is 5.79. The van der Waals surface area contributed by atoms with Crippen molar-refractivity contribution >= 4 is 10.9 Å². The van der Waals surface area contributed by atoms with Gasteiger partial charge in [0.05, 0.1) is 31.5 Å². The molecule has 1 saturated heterocycles. The first kappa shape index (κ1) is 15.5. The molecular weight excluding hydrogens is 274 g/mol. The van der Waals surface area contributed by atoms with Gasteiger partial charge in [-0.3, -0.25) is 9.58 Å². The van der Waals surface area contributed by atoms with Crippen molar-refractivity contribution in [3.8, 4) is 0 Å². The molecule has 2 heterocycles. The Morgan fingerprint density at radius 2 is 1.95 bits per heavy atom. The number of ether oxygens (including phenoxy) is 1. The standard InChI is InChI=1S/C18H27N3O/c1-4-18(2,3)16-5-6-17-15(13-16)14-19-21(17)8-7-20-9-11-22-12-10-20/h5-6,13-14H,4,7-12H2,1-3H3. The number of aromatic nitrogens is 2.